The Morgan fingerprint density at radius 3 is 2.24 bits per heavy atom. The van der Waals surface area contributed by atoms with Crippen molar-refractivity contribution in [3.63, 3.8) is 0 Å². The summed E-state index contributed by atoms with van der Waals surface area (Å²) in [7, 11) is -7.12. The zero-order valence-corrected chi connectivity index (χ0v) is 15.7. The SMILES string of the molecule is CS(=O)(=O)OCC1Cc2cc3ccccc3n2CC1COS(C)(=O)=O. The molecule has 0 fully saturated rings. The standard InChI is InChI=1S/C16H21NO6S2/c1-24(18,19)22-10-13-8-15-7-12-5-3-4-6-16(12)17(15)9-14(13)11-23-25(2,20)21/h3-7,13-14H,8-11H2,1-2H3. The van der Waals surface area contributed by atoms with Crippen LogP contribution < -0.4 is 0 Å². The average molecular weight is 387 g/mol. The Balaban J connectivity index is 1.88. The first-order chi connectivity index (χ1) is 11.6. The first kappa shape index (κ1) is 18.4. The van der Waals surface area contributed by atoms with Gasteiger partial charge in [0.2, 0.25) is 0 Å². The van der Waals surface area contributed by atoms with E-state index in [1.54, 1.807) is 0 Å². The van der Waals surface area contributed by atoms with Gasteiger partial charge in [-0.2, -0.15) is 16.8 Å². The number of fused-ring (bicyclic) bond motifs is 3. The summed E-state index contributed by atoms with van der Waals surface area (Å²) in [6, 6.07) is 10.0. The van der Waals surface area contributed by atoms with Crippen molar-refractivity contribution >= 4 is 31.1 Å². The van der Waals surface area contributed by atoms with Crippen molar-refractivity contribution in [1.82, 2.24) is 4.57 Å². The van der Waals surface area contributed by atoms with E-state index in [1.165, 1.54) is 0 Å². The van der Waals surface area contributed by atoms with Crippen molar-refractivity contribution in [2.45, 2.75) is 13.0 Å². The molecular formula is C16H21NO6S2. The molecule has 0 bridgehead atoms. The van der Waals surface area contributed by atoms with Gasteiger partial charge in [0, 0.05) is 23.7 Å². The molecule has 0 spiro atoms. The first-order valence-electron chi connectivity index (χ1n) is 7.88. The Kier molecular flexibility index (Phi) is 4.93. The van der Waals surface area contributed by atoms with Crippen molar-refractivity contribution in [1.29, 1.82) is 0 Å². The van der Waals surface area contributed by atoms with E-state index in [2.05, 4.69) is 10.6 Å². The lowest BCUT2D eigenvalue weighted by molar-refractivity contribution is 0.120. The highest BCUT2D eigenvalue weighted by Crippen LogP contribution is 2.32. The first-order valence-corrected chi connectivity index (χ1v) is 11.5. The maximum atomic E-state index is 11.3. The Labute approximate surface area is 147 Å². The van der Waals surface area contributed by atoms with Gasteiger partial charge in [-0.25, -0.2) is 0 Å². The zero-order valence-electron chi connectivity index (χ0n) is 14.1. The molecule has 2 unspecified atom stereocenters. The minimum absolute atomic E-state index is 0.00255. The Morgan fingerprint density at radius 2 is 1.60 bits per heavy atom. The van der Waals surface area contributed by atoms with Gasteiger partial charge >= 0.3 is 0 Å². The van der Waals surface area contributed by atoms with Gasteiger partial charge in [0.1, 0.15) is 0 Å². The van der Waals surface area contributed by atoms with Crippen LogP contribution in [0.25, 0.3) is 10.9 Å². The summed E-state index contributed by atoms with van der Waals surface area (Å²) >= 11 is 0. The van der Waals surface area contributed by atoms with Gasteiger partial charge in [0.05, 0.1) is 25.7 Å². The van der Waals surface area contributed by atoms with Crippen molar-refractivity contribution < 1.29 is 25.2 Å². The van der Waals surface area contributed by atoms with E-state index in [-0.39, 0.29) is 25.0 Å². The maximum absolute atomic E-state index is 11.3. The van der Waals surface area contributed by atoms with Crippen molar-refractivity contribution in [2.75, 3.05) is 25.7 Å². The predicted octanol–water partition coefficient (Wildman–Crippen LogP) is 1.38. The second kappa shape index (κ2) is 6.71. The topological polar surface area (TPSA) is 91.7 Å². The summed E-state index contributed by atoms with van der Waals surface area (Å²) < 4.78 is 57.5. The molecule has 25 heavy (non-hydrogen) atoms. The zero-order chi connectivity index (χ0) is 18.2. The quantitative estimate of drug-likeness (QED) is 0.696. The summed E-state index contributed by atoms with van der Waals surface area (Å²) in [6.07, 6.45) is 2.62. The lowest BCUT2D eigenvalue weighted by atomic mass is 9.86. The van der Waals surface area contributed by atoms with Crippen molar-refractivity contribution in [3.05, 3.63) is 36.0 Å². The summed E-state index contributed by atoms with van der Waals surface area (Å²) in [5.41, 5.74) is 2.16. The van der Waals surface area contributed by atoms with E-state index < -0.39 is 20.2 Å². The molecule has 1 aromatic carbocycles. The second-order valence-corrected chi connectivity index (χ2v) is 9.79. The van der Waals surface area contributed by atoms with E-state index in [4.69, 9.17) is 8.37 Å². The maximum Gasteiger partial charge on any atom is 0.264 e. The van der Waals surface area contributed by atoms with Crippen LogP contribution in [-0.2, 0) is 41.6 Å². The number of para-hydroxylation sites is 1. The number of aromatic nitrogens is 1. The number of nitrogens with zero attached hydrogens (tertiary/aromatic N) is 1. The van der Waals surface area contributed by atoms with Crippen LogP contribution in [0.15, 0.2) is 30.3 Å². The molecule has 2 heterocycles. The van der Waals surface area contributed by atoms with Crippen LogP contribution in [0.5, 0.6) is 0 Å². The molecule has 0 aliphatic carbocycles. The molecule has 9 heteroatoms. The van der Waals surface area contributed by atoms with Gasteiger partial charge < -0.3 is 4.57 Å². The molecule has 138 valence electrons. The van der Waals surface area contributed by atoms with Gasteiger partial charge in [-0.1, -0.05) is 18.2 Å². The highest BCUT2D eigenvalue weighted by Gasteiger charge is 2.31. The lowest BCUT2D eigenvalue weighted by Gasteiger charge is -2.32. The molecule has 0 N–H and O–H groups in total. The highest BCUT2D eigenvalue weighted by atomic mass is 32.2. The summed E-state index contributed by atoms with van der Waals surface area (Å²) in [5, 5.41) is 1.10. The molecule has 2 atom stereocenters. The monoisotopic (exact) mass is 387 g/mol. The summed E-state index contributed by atoms with van der Waals surface area (Å²) in [4.78, 5) is 0. The summed E-state index contributed by atoms with van der Waals surface area (Å²) in [6.45, 7) is 0.566. The predicted molar refractivity (Wildman–Crippen MR) is 94.2 cm³/mol. The molecule has 1 aliphatic heterocycles. The highest BCUT2D eigenvalue weighted by molar-refractivity contribution is 7.86. The smallest absolute Gasteiger partial charge is 0.264 e. The van der Waals surface area contributed by atoms with E-state index in [0.717, 1.165) is 29.1 Å². The molecule has 2 aromatic rings. The third-order valence-corrected chi connectivity index (χ3v) is 5.57. The molecule has 0 saturated carbocycles. The van der Waals surface area contributed by atoms with Crippen molar-refractivity contribution in [2.24, 2.45) is 11.8 Å². The van der Waals surface area contributed by atoms with Crippen LogP contribution in [0.3, 0.4) is 0 Å². The van der Waals surface area contributed by atoms with Crippen LogP contribution in [0, 0.1) is 11.8 Å². The fourth-order valence-corrected chi connectivity index (χ4v) is 4.12. The van der Waals surface area contributed by atoms with Gasteiger partial charge in [-0.3, -0.25) is 8.37 Å². The van der Waals surface area contributed by atoms with Crippen LogP contribution >= 0.6 is 0 Å². The molecule has 0 radical (unpaired) electrons. The van der Waals surface area contributed by atoms with Gasteiger partial charge in [-0.05, 0) is 29.9 Å². The molecular weight excluding hydrogens is 366 g/mol. The Hall–Kier alpha value is -1.42. The van der Waals surface area contributed by atoms with Gasteiger partial charge in [-0.15, -0.1) is 0 Å². The largest absolute Gasteiger partial charge is 0.344 e. The lowest BCUT2D eigenvalue weighted by Crippen LogP contribution is -2.36. The third-order valence-electron chi connectivity index (χ3n) is 4.44. The van der Waals surface area contributed by atoms with Crippen LogP contribution in [0.4, 0.5) is 0 Å². The molecule has 1 aromatic heterocycles. The van der Waals surface area contributed by atoms with E-state index >= 15 is 0 Å². The van der Waals surface area contributed by atoms with Crippen LogP contribution in [0.2, 0.25) is 0 Å². The second-order valence-electron chi connectivity index (χ2n) is 6.51. The van der Waals surface area contributed by atoms with Gasteiger partial charge in [0.15, 0.2) is 0 Å². The molecule has 0 amide bonds. The molecule has 3 rings (SSSR count). The average Bonchev–Trinajstić information content (AvgIpc) is 2.86. The summed E-state index contributed by atoms with van der Waals surface area (Å²) in [5.74, 6) is -0.312. The van der Waals surface area contributed by atoms with E-state index in [9.17, 15) is 16.8 Å². The molecule has 7 nitrogen and oxygen atoms in total. The minimum atomic E-state index is -3.57. The van der Waals surface area contributed by atoms with Gasteiger partial charge in [0.25, 0.3) is 20.2 Å². The number of hydrogen-bond donors (Lipinski definition) is 0. The normalized spacial score (nSPS) is 21.4. The van der Waals surface area contributed by atoms with Crippen LogP contribution in [-0.4, -0.2) is 47.1 Å². The number of rotatable bonds is 6. The van der Waals surface area contributed by atoms with Crippen molar-refractivity contribution in [3.8, 4) is 0 Å². The Morgan fingerprint density at radius 1 is 1.00 bits per heavy atom. The van der Waals surface area contributed by atoms with E-state index in [0.29, 0.717) is 13.0 Å². The fraction of sp³-hybridized carbons (Fsp3) is 0.500. The Bertz CT molecular complexity index is 977. The minimum Gasteiger partial charge on any atom is -0.344 e. The number of benzene rings is 1. The van der Waals surface area contributed by atoms with Crippen LogP contribution in [0.1, 0.15) is 5.69 Å². The molecule has 1 aliphatic rings. The third kappa shape index (κ3) is 4.60. The number of hydrogen-bond acceptors (Lipinski definition) is 6. The molecule has 0 saturated heterocycles. The fourth-order valence-electron chi connectivity index (χ4n) is 3.28. The van der Waals surface area contributed by atoms with E-state index in [1.807, 2.05) is 24.3 Å².